The molecule has 0 spiro atoms. The molecule has 0 radical (unpaired) electrons. The first-order chi connectivity index (χ1) is 9.06. The lowest BCUT2D eigenvalue weighted by molar-refractivity contribution is -0.119. The predicted molar refractivity (Wildman–Crippen MR) is 74.7 cm³/mol. The first-order valence-electron chi connectivity index (χ1n) is 6.37. The molecule has 0 bridgehead atoms. The van der Waals surface area contributed by atoms with Gasteiger partial charge in [-0.1, -0.05) is 6.92 Å². The minimum absolute atomic E-state index is 0.0623. The molecule has 2 aromatic rings. The van der Waals surface area contributed by atoms with E-state index in [-0.39, 0.29) is 11.8 Å². The van der Waals surface area contributed by atoms with Crippen LogP contribution in [0.2, 0.25) is 0 Å². The quantitative estimate of drug-likeness (QED) is 0.866. The van der Waals surface area contributed by atoms with E-state index >= 15 is 0 Å². The van der Waals surface area contributed by atoms with Gasteiger partial charge in [0.2, 0.25) is 5.91 Å². The van der Waals surface area contributed by atoms with Crippen LogP contribution in [0, 0.1) is 12.8 Å². The maximum Gasteiger partial charge on any atom is 0.228 e. The Kier molecular flexibility index (Phi) is 3.80. The largest absolute Gasteiger partial charge is 0.330 e. The van der Waals surface area contributed by atoms with Crippen LogP contribution in [0.25, 0.3) is 11.0 Å². The molecule has 0 saturated carbocycles. The molecule has 0 fully saturated rings. The highest BCUT2D eigenvalue weighted by molar-refractivity contribution is 5.94. The van der Waals surface area contributed by atoms with Crippen molar-refractivity contribution in [3.8, 4) is 0 Å². The molecule has 6 heteroatoms. The van der Waals surface area contributed by atoms with Gasteiger partial charge < -0.3 is 11.1 Å². The molecule has 3 N–H and O–H groups in total. The number of anilines is 1. The lowest BCUT2D eigenvalue weighted by Crippen LogP contribution is -2.28. The van der Waals surface area contributed by atoms with Crippen LogP contribution in [-0.2, 0) is 11.8 Å². The van der Waals surface area contributed by atoms with Gasteiger partial charge in [-0.15, -0.1) is 0 Å². The maximum atomic E-state index is 12.0. The van der Waals surface area contributed by atoms with Crippen molar-refractivity contribution in [3.63, 3.8) is 0 Å². The zero-order valence-electron chi connectivity index (χ0n) is 11.5. The van der Waals surface area contributed by atoms with Gasteiger partial charge in [-0.25, -0.2) is 4.98 Å². The van der Waals surface area contributed by atoms with E-state index in [9.17, 15) is 4.79 Å². The second kappa shape index (κ2) is 5.36. The maximum absolute atomic E-state index is 12.0. The summed E-state index contributed by atoms with van der Waals surface area (Å²) in [6, 6.07) is 1.89. The zero-order valence-corrected chi connectivity index (χ0v) is 11.5. The number of rotatable bonds is 4. The summed E-state index contributed by atoms with van der Waals surface area (Å²) in [5, 5.41) is 8.10. The van der Waals surface area contributed by atoms with Crippen LogP contribution in [0.15, 0.2) is 12.3 Å². The Balaban J connectivity index is 2.27. The number of nitrogens with two attached hydrogens (primary N) is 1. The van der Waals surface area contributed by atoms with E-state index in [1.54, 1.807) is 10.9 Å². The molecule has 2 rings (SSSR count). The number of nitrogens with one attached hydrogen (secondary N) is 1. The summed E-state index contributed by atoms with van der Waals surface area (Å²) in [6.07, 6.45) is 2.37. The molecule has 6 nitrogen and oxygen atoms in total. The highest BCUT2D eigenvalue weighted by Crippen LogP contribution is 2.19. The molecule has 1 atom stereocenters. The van der Waals surface area contributed by atoms with Crippen LogP contribution >= 0.6 is 0 Å². The summed E-state index contributed by atoms with van der Waals surface area (Å²) in [5.41, 5.74) is 7.95. The van der Waals surface area contributed by atoms with Crippen molar-refractivity contribution in [2.24, 2.45) is 18.7 Å². The molecule has 1 amide bonds. The number of fused-ring (bicyclic) bond motifs is 1. The molecule has 1 unspecified atom stereocenters. The molecular weight excluding hydrogens is 242 g/mol. The number of carbonyl (C=O) groups excluding carboxylic acids is 1. The number of amides is 1. The summed E-state index contributed by atoms with van der Waals surface area (Å²) in [4.78, 5) is 16.3. The van der Waals surface area contributed by atoms with Gasteiger partial charge in [0.05, 0.1) is 23.5 Å². The first-order valence-corrected chi connectivity index (χ1v) is 6.37. The summed E-state index contributed by atoms with van der Waals surface area (Å²) in [7, 11) is 1.85. The van der Waals surface area contributed by atoms with Crippen molar-refractivity contribution in [1.82, 2.24) is 14.8 Å². The number of carbonyl (C=O) groups is 1. The van der Waals surface area contributed by atoms with Gasteiger partial charge in [-0.2, -0.15) is 5.10 Å². The third kappa shape index (κ3) is 2.58. The van der Waals surface area contributed by atoms with Gasteiger partial charge >= 0.3 is 0 Å². The summed E-state index contributed by atoms with van der Waals surface area (Å²) in [5.74, 6) is -0.224. The van der Waals surface area contributed by atoms with E-state index in [0.717, 1.165) is 23.1 Å². The highest BCUT2D eigenvalue weighted by Gasteiger charge is 2.15. The predicted octanol–water partition coefficient (Wildman–Crippen LogP) is 1.20. The van der Waals surface area contributed by atoms with Crippen molar-refractivity contribution in [3.05, 3.63) is 18.0 Å². The molecule has 2 heterocycles. The Morgan fingerprint density at radius 2 is 2.32 bits per heavy atom. The molecule has 0 aliphatic rings. The topological polar surface area (TPSA) is 85.8 Å². The molecule has 2 aromatic heterocycles. The fourth-order valence-corrected chi connectivity index (χ4v) is 2.08. The van der Waals surface area contributed by atoms with E-state index in [2.05, 4.69) is 15.4 Å². The second-order valence-corrected chi connectivity index (χ2v) is 4.63. The standard InChI is InChI=1S/C13H19N5O/c1-4-9(6-14)13(19)16-10-5-11-8(2)17-18(3)12(11)15-7-10/h5,7,9H,4,6,14H2,1-3H3,(H,16,19). The third-order valence-electron chi connectivity index (χ3n) is 3.28. The van der Waals surface area contributed by atoms with Crippen LogP contribution in [0.3, 0.4) is 0 Å². The Morgan fingerprint density at radius 1 is 1.58 bits per heavy atom. The number of pyridine rings is 1. The molecule has 0 aliphatic carbocycles. The minimum Gasteiger partial charge on any atom is -0.330 e. The van der Waals surface area contributed by atoms with Crippen LogP contribution in [0.4, 0.5) is 5.69 Å². The summed E-state index contributed by atoms with van der Waals surface area (Å²) in [6.45, 7) is 4.22. The number of aryl methyl sites for hydroxylation is 2. The van der Waals surface area contributed by atoms with Crippen molar-refractivity contribution in [1.29, 1.82) is 0 Å². The number of nitrogens with zero attached hydrogens (tertiary/aromatic N) is 3. The fourth-order valence-electron chi connectivity index (χ4n) is 2.08. The van der Waals surface area contributed by atoms with Crippen molar-refractivity contribution >= 4 is 22.6 Å². The van der Waals surface area contributed by atoms with E-state index < -0.39 is 0 Å². The summed E-state index contributed by atoms with van der Waals surface area (Å²) < 4.78 is 1.73. The summed E-state index contributed by atoms with van der Waals surface area (Å²) >= 11 is 0. The monoisotopic (exact) mass is 261 g/mol. The molecule has 102 valence electrons. The van der Waals surface area contributed by atoms with Gasteiger partial charge in [-0.3, -0.25) is 9.48 Å². The minimum atomic E-state index is -0.161. The van der Waals surface area contributed by atoms with E-state index in [1.807, 2.05) is 27.0 Å². The van der Waals surface area contributed by atoms with Crippen LogP contribution in [-0.4, -0.2) is 27.2 Å². The lowest BCUT2D eigenvalue weighted by Gasteiger charge is -2.12. The highest BCUT2D eigenvalue weighted by atomic mass is 16.1. The first kappa shape index (κ1) is 13.5. The average Bonchev–Trinajstić information content (AvgIpc) is 2.66. The van der Waals surface area contributed by atoms with Crippen molar-refractivity contribution in [2.75, 3.05) is 11.9 Å². The molecular formula is C13H19N5O. The van der Waals surface area contributed by atoms with Gasteiger partial charge in [0.25, 0.3) is 0 Å². The number of hydrogen-bond donors (Lipinski definition) is 2. The second-order valence-electron chi connectivity index (χ2n) is 4.63. The smallest absolute Gasteiger partial charge is 0.228 e. The Bertz CT molecular complexity index is 600. The average molecular weight is 261 g/mol. The van der Waals surface area contributed by atoms with Gasteiger partial charge in [-0.05, 0) is 19.4 Å². The van der Waals surface area contributed by atoms with E-state index in [1.165, 1.54) is 0 Å². The third-order valence-corrected chi connectivity index (χ3v) is 3.28. The van der Waals surface area contributed by atoms with Crippen molar-refractivity contribution < 1.29 is 4.79 Å². The SMILES string of the molecule is CCC(CN)C(=O)Nc1cnc2c(c1)c(C)nn2C. The normalized spacial score (nSPS) is 12.6. The fraction of sp³-hybridized carbons (Fsp3) is 0.462. The van der Waals surface area contributed by atoms with E-state index in [4.69, 9.17) is 5.73 Å². The van der Waals surface area contributed by atoms with Crippen molar-refractivity contribution in [2.45, 2.75) is 20.3 Å². The van der Waals surface area contributed by atoms with Crippen LogP contribution < -0.4 is 11.1 Å². The Morgan fingerprint density at radius 3 is 2.95 bits per heavy atom. The lowest BCUT2D eigenvalue weighted by atomic mass is 10.1. The van der Waals surface area contributed by atoms with E-state index in [0.29, 0.717) is 12.2 Å². The van der Waals surface area contributed by atoms with Crippen LogP contribution in [0.5, 0.6) is 0 Å². The Hall–Kier alpha value is -1.95. The molecule has 19 heavy (non-hydrogen) atoms. The molecule has 0 saturated heterocycles. The zero-order chi connectivity index (χ0) is 14.0. The van der Waals surface area contributed by atoms with Gasteiger partial charge in [0.15, 0.2) is 5.65 Å². The molecule has 0 aliphatic heterocycles. The van der Waals surface area contributed by atoms with Gasteiger partial charge in [0.1, 0.15) is 0 Å². The van der Waals surface area contributed by atoms with Crippen LogP contribution in [0.1, 0.15) is 19.0 Å². The van der Waals surface area contributed by atoms with Gasteiger partial charge in [0, 0.05) is 19.0 Å². The Labute approximate surface area is 112 Å². The number of aromatic nitrogens is 3. The number of hydrogen-bond acceptors (Lipinski definition) is 4. The molecule has 0 aromatic carbocycles.